The lowest BCUT2D eigenvalue weighted by Crippen LogP contribution is -2.00. The minimum Gasteiger partial charge on any atom is -0.245 e. The van der Waals surface area contributed by atoms with Gasteiger partial charge in [0.2, 0.25) is 11.4 Å². The van der Waals surface area contributed by atoms with Crippen LogP contribution in [0, 0.1) is 0 Å². The van der Waals surface area contributed by atoms with Gasteiger partial charge in [0.05, 0.1) is 0 Å². The van der Waals surface area contributed by atoms with Crippen molar-refractivity contribution >= 4 is 60.4 Å². The van der Waals surface area contributed by atoms with E-state index in [1.807, 2.05) is 18.3 Å². The van der Waals surface area contributed by atoms with Gasteiger partial charge >= 0.3 is 6.01 Å². The molecule has 0 saturated heterocycles. The smallest absolute Gasteiger partial charge is 0.245 e. The van der Waals surface area contributed by atoms with Crippen molar-refractivity contribution in [3.05, 3.63) is 91.1 Å². The maximum atomic E-state index is 4.56. The number of aromatic nitrogens is 1. The summed E-state index contributed by atoms with van der Waals surface area (Å²) in [6.07, 6.45) is 1.86. The Labute approximate surface area is 165 Å². The van der Waals surface area contributed by atoms with Gasteiger partial charge in [-0.3, -0.25) is 0 Å². The quantitative estimate of drug-likeness (QED) is 0.324. The third kappa shape index (κ3) is 2.20. The molecule has 3 heterocycles. The molecule has 1 aliphatic heterocycles. The number of para-hydroxylation sites is 3. The van der Waals surface area contributed by atoms with Crippen LogP contribution in [0.15, 0.2) is 91.1 Å². The molecule has 1 aliphatic rings. The molecule has 0 radical (unpaired) electrons. The van der Waals surface area contributed by atoms with Crippen molar-refractivity contribution in [1.82, 2.24) is 14.1 Å². The molecule has 4 heteroatoms. The molecule has 0 amide bonds. The maximum absolute atomic E-state index is 4.56. The lowest BCUT2D eigenvalue weighted by molar-refractivity contribution is 1.12. The minimum absolute atomic E-state index is 1.07. The van der Waals surface area contributed by atoms with Gasteiger partial charge in [-0.25, -0.2) is 4.98 Å². The van der Waals surface area contributed by atoms with Crippen molar-refractivity contribution in [1.29, 1.82) is 0 Å². The molecule has 28 heavy (non-hydrogen) atoms. The van der Waals surface area contributed by atoms with Crippen molar-refractivity contribution < 1.29 is 0 Å². The molecule has 0 spiro atoms. The van der Waals surface area contributed by atoms with E-state index in [0.717, 1.165) is 27.6 Å². The van der Waals surface area contributed by atoms with E-state index in [4.69, 9.17) is 0 Å². The van der Waals surface area contributed by atoms with Crippen LogP contribution in [-0.2, 0) is 0 Å². The second-order valence-electron chi connectivity index (χ2n) is 6.71. The van der Waals surface area contributed by atoms with E-state index in [1.54, 1.807) is 11.3 Å². The molecule has 3 aromatic carbocycles. The lowest BCUT2D eigenvalue weighted by atomic mass is 10.1. The molecule has 0 aliphatic carbocycles. The van der Waals surface area contributed by atoms with E-state index in [2.05, 4.69) is 92.9 Å². The minimum atomic E-state index is 1.07. The van der Waals surface area contributed by atoms with E-state index < -0.39 is 0 Å². The fourth-order valence-corrected chi connectivity index (χ4v) is 4.95. The van der Waals surface area contributed by atoms with Crippen molar-refractivity contribution in [3.63, 3.8) is 0 Å². The molecule has 6 rings (SSSR count). The van der Waals surface area contributed by atoms with Gasteiger partial charge in [-0.15, -0.1) is 11.3 Å². The van der Waals surface area contributed by atoms with Crippen LogP contribution in [0.3, 0.4) is 0 Å². The number of hydrogen-bond donors (Lipinski definition) is 0. The highest BCUT2D eigenvalue weighted by Crippen LogP contribution is 2.42. The first-order valence-electron chi connectivity index (χ1n) is 9.17. The number of benzene rings is 3. The predicted molar refractivity (Wildman–Crippen MR) is 118 cm³/mol. The van der Waals surface area contributed by atoms with Crippen molar-refractivity contribution in [3.8, 4) is 0 Å². The number of rotatable bonds is 2. The Kier molecular flexibility index (Phi) is 3.29. The largest absolute Gasteiger partial charge is 0.503 e. The molecule has 0 unspecified atom stereocenters. The first-order chi connectivity index (χ1) is 13.9. The Bertz CT molecular complexity index is 1440. The third-order valence-electron chi connectivity index (χ3n) is 5.07. The predicted octanol–water partition coefficient (Wildman–Crippen LogP) is 6.31. The summed E-state index contributed by atoms with van der Waals surface area (Å²) in [5, 5.41) is 2.44. The first kappa shape index (κ1) is 15.5. The van der Waals surface area contributed by atoms with Crippen LogP contribution < -0.4 is 9.15 Å². The van der Waals surface area contributed by atoms with Gasteiger partial charge in [0.1, 0.15) is 9.53 Å². The molecule has 130 valence electrons. The molecule has 0 N–H and O–H groups in total. The number of fused-ring (bicyclic) bond motifs is 4. The number of pyridine rings is 1. The zero-order valence-corrected chi connectivity index (χ0v) is 15.7. The van der Waals surface area contributed by atoms with Gasteiger partial charge in [-0.2, -0.15) is 0 Å². The second kappa shape index (κ2) is 5.96. The number of hydrogen-bond acceptors (Lipinski definition) is 2. The van der Waals surface area contributed by atoms with E-state index in [9.17, 15) is 0 Å². The Morgan fingerprint density at radius 1 is 0.643 bits per heavy atom. The van der Waals surface area contributed by atoms with E-state index in [-0.39, 0.29) is 0 Å². The summed E-state index contributed by atoms with van der Waals surface area (Å²) in [4.78, 5) is 5.63. The Morgan fingerprint density at radius 3 is 2.21 bits per heavy atom. The summed E-state index contributed by atoms with van der Waals surface area (Å²) in [6.45, 7) is 0. The van der Waals surface area contributed by atoms with Crippen molar-refractivity contribution in [2.75, 3.05) is 0 Å². The molecule has 0 bridgehead atoms. The molecule has 0 fully saturated rings. The van der Waals surface area contributed by atoms with Gasteiger partial charge in [-0.05, 0) is 21.3 Å². The molecular formula is C24H15N3S+2. The highest BCUT2D eigenvalue weighted by Gasteiger charge is 2.37. The van der Waals surface area contributed by atoms with Crippen LogP contribution in [0.2, 0.25) is 0 Å². The van der Waals surface area contributed by atoms with Crippen LogP contribution in [0.5, 0.6) is 0 Å². The summed E-state index contributed by atoms with van der Waals surface area (Å²) in [5.74, 6) is 0. The fraction of sp³-hybridized carbons (Fsp3) is 0. The fourth-order valence-electron chi connectivity index (χ4n) is 3.80. The standard InChI is InChI=1S/C24H15N3S/c1-2-8-17(9-3-1)26-16-27(21-13-5-4-12-20(21)26)22-14-6-10-18-19-11-7-15-25-24(19)28-23(18)22/h1-15H/q+2. The SMILES string of the molecule is C1=[N+](c2ccccc2)c2ccccc2[N+]=1c1cccc2c1sc1ncccc12. The summed E-state index contributed by atoms with van der Waals surface area (Å²) in [6, 6.07) is 33.0. The summed E-state index contributed by atoms with van der Waals surface area (Å²) in [5.41, 5.74) is 4.49. The molecule has 5 aromatic rings. The monoisotopic (exact) mass is 377 g/mol. The Hall–Kier alpha value is -3.59. The van der Waals surface area contributed by atoms with Gasteiger partial charge in [0.15, 0.2) is 0 Å². The summed E-state index contributed by atoms with van der Waals surface area (Å²) in [7, 11) is 0. The molecule has 0 atom stereocenters. The third-order valence-corrected chi connectivity index (χ3v) is 6.22. The van der Waals surface area contributed by atoms with Gasteiger partial charge in [0, 0.05) is 47.3 Å². The summed E-state index contributed by atoms with van der Waals surface area (Å²) >= 11 is 1.74. The average molecular weight is 377 g/mol. The van der Waals surface area contributed by atoms with E-state index in [0.29, 0.717) is 0 Å². The van der Waals surface area contributed by atoms with Crippen LogP contribution >= 0.6 is 11.3 Å². The molecule has 2 aromatic heterocycles. The van der Waals surface area contributed by atoms with E-state index in [1.165, 1.54) is 15.5 Å². The van der Waals surface area contributed by atoms with Crippen molar-refractivity contribution in [2.24, 2.45) is 0 Å². The topological polar surface area (TPSA) is 18.9 Å². The Balaban J connectivity index is 1.69. The van der Waals surface area contributed by atoms with Crippen LogP contribution in [0.4, 0.5) is 22.7 Å². The zero-order chi connectivity index (χ0) is 18.5. The summed E-state index contributed by atoms with van der Waals surface area (Å²) < 4.78 is 5.52. The Morgan fingerprint density at radius 2 is 1.36 bits per heavy atom. The maximum Gasteiger partial charge on any atom is 0.503 e. The highest BCUT2D eigenvalue weighted by molar-refractivity contribution is 7.26. The number of nitrogens with zero attached hydrogens (tertiary/aromatic N) is 3. The second-order valence-corrected chi connectivity index (χ2v) is 7.71. The number of thiophene rings is 1. The molecule has 0 saturated carbocycles. The van der Waals surface area contributed by atoms with Gasteiger partial charge < -0.3 is 0 Å². The van der Waals surface area contributed by atoms with Crippen LogP contribution in [0.1, 0.15) is 0 Å². The molecular weight excluding hydrogens is 362 g/mol. The average Bonchev–Trinajstić information content (AvgIpc) is 3.33. The molecule has 3 nitrogen and oxygen atoms in total. The van der Waals surface area contributed by atoms with E-state index >= 15 is 0 Å². The first-order valence-corrected chi connectivity index (χ1v) is 9.99. The van der Waals surface area contributed by atoms with Crippen LogP contribution in [0.25, 0.3) is 20.3 Å². The normalized spacial score (nSPS) is 12.9. The van der Waals surface area contributed by atoms with Gasteiger partial charge in [-0.1, -0.05) is 42.5 Å². The van der Waals surface area contributed by atoms with Gasteiger partial charge in [0.25, 0.3) is 11.4 Å². The van der Waals surface area contributed by atoms with Crippen molar-refractivity contribution in [2.45, 2.75) is 0 Å². The van der Waals surface area contributed by atoms with Crippen LogP contribution in [-0.4, -0.2) is 11.0 Å². The lowest BCUT2D eigenvalue weighted by Gasteiger charge is -1.97. The zero-order valence-electron chi connectivity index (χ0n) is 14.9. The highest BCUT2D eigenvalue weighted by atomic mass is 32.1.